The first-order chi connectivity index (χ1) is 9.10. The van der Waals surface area contributed by atoms with Crippen molar-refractivity contribution in [1.29, 1.82) is 0 Å². The van der Waals surface area contributed by atoms with Crippen LogP contribution < -0.4 is 15.4 Å². The number of nitrogen functional groups attached to an aromatic ring is 1. The lowest BCUT2D eigenvalue weighted by Crippen LogP contribution is -2.17. The zero-order valence-electron chi connectivity index (χ0n) is 11.7. The molecule has 0 spiro atoms. The van der Waals surface area contributed by atoms with E-state index in [4.69, 9.17) is 10.5 Å². The van der Waals surface area contributed by atoms with Gasteiger partial charge in [0.15, 0.2) is 0 Å². The highest BCUT2D eigenvalue weighted by Gasteiger charge is 2.07. The molecule has 19 heavy (non-hydrogen) atoms. The van der Waals surface area contributed by atoms with Crippen LogP contribution in [0, 0.1) is 6.92 Å². The van der Waals surface area contributed by atoms with Crippen LogP contribution >= 0.6 is 0 Å². The summed E-state index contributed by atoms with van der Waals surface area (Å²) in [5.41, 5.74) is 10.3. The maximum absolute atomic E-state index is 6.03. The van der Waals surface area contributed by atoms with Crippen LogP contribution in [0.3, 0.4) is 0 Å². The lowest BCUT2D eigenvalue weighted by Gasteiger charge is -2.22. The zero-order valence-corrected chi connectivity index (χ0v) is 11.7. The molecule has 0 aromatic heterocycles. The number of nitrogens with zero attached hydrogens (tertiary/aromatic N) is 1. The number of hydrogen-bond acceptors (Lipinski definition) is 3. The van der Waals surface area contributed by atoms with Crippen LogP contribution in [0.2, 0.25) is 0 Å². The van der Waals surface area contributed by atoms with Crippen molar-refractivity contribution in [3.05, 3.63) is 53.6 Å². The Balaban J connectivity index is 2.19. The standard InChI is InChI=1S/C16H20N2O/c1-12-4-6-13(7-5-12)11-18(2)16-10-14(19-3)8-9-15(16)17/h4-10H,11,17H2,1-3H3. The second-order valence-corrected chi connectivity index (χ2v) is 4.77. The molecule has 2 N–H and O–H groups in total. The first kappa shape index (κ1) is 13.3. The monoisotopic (exact) mass is 256 g/mol. The highest BCUT2D eigenvalue weighted by Crippen LogP contribution is 2.28. The van der Waals surface area contributed by atoms with E-state index in [0.717, 1.165) is 23.7 Å². The van der Waals surface area contributed by atoms with Crippen LogP contribution in [-0.4, -0.2) is 14.2 Å². The Bertz CT molecular complexity index is 549. The lowest BCUT2D eigenvalue weighted by molar-refractivity contribution is 0.415. The van der Waals surface area contributed by atoms with E-state index in [0.29, 0.717) is 0 Å². The van der Waals surface area contributed by atoms with Crippen molar-refractivity contribution in [3.8, 4) is 5.75 Å². The van der Waals surface area contributed by atoms with Gasteiger partial charge in [-0.25, -0.2) is 0 Å². The summed E-state index contributed by atoms with van der Waals surface area (Å²) in [4.78, 5) is 2.13. The summed E-state index contributed by atoms with van der Waals surface area (Å²) in [6.07, 6.45) is 0. The van der Waals surface area contributed by atoms with Crippen molar-refractivity contribution in [2.75, 3.05) is 24.8 Å². The molecule has 0 saturated carbocycles. The third-order valence-electron chi connectivity index (χ3n) is 3.19. The van der Waals surface area contributed by atoms with Gasteiger partial charge >= 0.3 is 0 Å². The van der Waals surface area contributed by atoms with Crippen LogP contribution in [0.4, 0.5) is 11.4 Å². The first-order valence-electron chi connectivity index (χ1n) is 6.30. The van der Waals surface area contributed by atoms with E-state index in [1.807, 2.05) is 25.2 Å². The second-order valence-electron chi connectivity index (χ2n) is 4.77. The molecule has 0 unspecified atom stereocenters. The maximum Gasteiger partial charge on any atom is 0.121 e. The van der Waals surface area contributed by atoms with Crippen molar-refractivity contribution in [2.45, 2.75) is 13.5 Å². The van der Waals surface area contributed by atoms with E-state index in [1.54, 1.807) is 7.11 Å². The molecule has 0 saturated heterocycles. The number of hydrogen-bond donors (Lipinski definition) is 1. The Morgan fingerprint density at radius 1 is 1.11 bits per heavy atom. The van der Waals surface area contributed by atoms with E-state index in [-0.39, 0.29) is 0 Å². The Hall–Kier alpha value is -2.16. The van der Waals surface area contributed by atoms with Gasteiger partial charge in [0.2, 0.25) is 0 Å². The van der Waals surface area contributed by atoms with Gasteiger partial charge in [0.25, 0.3) is 0 Å². The molecule has 0 aliphatic heterocycles. The fourth-order valence-electron chi connectivity index (χ4n) is 2.03. The summed E-state index contributed by atoms with van der Waals surface area (Å²) in [6, 6.07) is 14.2. The normalized spacial score (nSPS) is 10.3. The van der Waals surface area contributed by atoms with Gasteiger partial charge in [0, 0.05) is 19.7 Å². The molecule has 0 radical (unpaired) electrons. The summed E-state index contributed by atoms with van der Waals surface area (Å²) in [7, 11) is 3.69. The lowest BCUT2D eigenvalue weighted by atomic mass is 10.1. The minimum atomic E-state index is 0.760. The highest BCUT2D eigenvalue weighted by atomic mass is 16.5. The second kappa shape index (κ2) is 5.65. The summed E-state index contributed by atoms with van der Waals surface area (Å²) in [5.74, 6) is 0.819. The SMILES string of the molecule is COc1ccc(N)c(N(C)Cc2ccc(C)cc2)c1. The number of ether oxygens (including phenoxy) is 1. The minimum absolute atomic E-state index is 0.760. The van der Waals surface area contributed by atoms with Crippen LogP contribution in [0.1, 0.15) is 11.1 Å². The van der Waals surface area contributed by atoms with Gasteiger partial charge in [0.1, 0.15) is 5.75 Å². The van der Waals surface area contributed by atoms with Gasteiger partial charge in [0.05, 0.1) is 18.5 Å². The predicted octanol–water partition coefficient (Wildman–Crippen LogP) is 3.22. The quantitative estimate of drug-likeness (QED) is 0.854. The average molecular weight is 256 g/mol. The molecule has 3 heteroatoms. The zero-order chi connectivity index (χ0) is 13.8. The van der Waals surface area contributed by atoms with Crippen LogP contribution in [-0.2, 0) is 6.54 Å². The van der Waals surface area contributed by atoms with E-state index >= 15 is 0 Å². The molecule has 2 aromatic carbocycles. The number of nitrogens with two attached hydrogens (primary N) is 1. The summed E-state index contributed by atoms with van der Waals surface area (Å²) < 4.78 is 5.24. The summed E-state index contributed by atoms with van der Waals surface area (Å²) >= 11 is 0. The van der Waals surface area contributed by atoms with Crippen molar-refractivity contribution >= 4 is 11.4 Å². The van der Waals surface area contributed by atoms with Crippen molar-refractivity contribution < 1.29 is 4.74 Å². The molecule has 0 aliphatic rings. The molecule has 0 aliphatic carbocycles. The number of anilines is 2. The van der Waals surface area contributed by atoms with E-state index in [1.165, 1.54) is 11.1 Å². The molecule has 0 fully saturated rings. The van der Waals surface area contributed by atoms with Crippen LogP contribution in [0.15, 0.2) is 42.5 Å². The molecule has 0 atom stereocenters. The highest BCUT2D eigenvalue weighted by molar-refractivity contribution is 5.69. The van der Waals surface area contributed by atoms with E-state index in [2.05, 4.69) is 36.1 Å². The van der Waals surface area contributed by atoms with E-state index < -0.39 is 0 Å². The average Bonchev–Trinajstić information content (AvgIpc) is 2.42. The molecular weight excluding hydrogens is 236 g/mol. The van der Waals surface area contributed by atoms with Crippen molar-refractivity contribution in [3.63, 3.8) is 0 Å². The topological polar surface area (TPSA) is 38.5 Å². The maximum atomic E-state index is 6.03. The largest absolute Gasteiger partial charge is 0.497 e. The van der Waals surface area contributed by atoms with Gasteiger partial charge in [-0.2, -0.15) is 0 Å². The number of benzene rings is 2. The third-order valence-corrected chi connectivity index (χ3v) is 3.19. The molecule has 0 bridgehead atoms. The summed E-state index contributed by atoms with van der Waals surface area (Å²) in [5, 5.41) is 0. The van der Waals surface area contributed by atoms with Gasteiger partial charge in [-0.1, -0.05) is 29.8 Å². The van der Waals surface area contributed by atoms with Gasteiger partial charge in [-0.05, 0) is 24.6 Å². The fourth-order valence-corrected chi connectivity index (χ4v) is 2.03. The molecular formula is C16H20N2O. The smallest absolute Gasteiger partial charge is 0.121 e. The molecule has 0 heterocycles. The Morgan fingerprint density at radius 2 is 1.79 bits per heavy atom. The number of methoxy groups -OCH3 is 1. The molecule has 3 nitrogen and oxygen atoms in total. The van der Waals surface area contributed by atoms with Gasteiger partial charge in [-0.15, -0.1) is 0 Å². The van der Waals surface area contributed by atoms with Gasteiger partial charge < -0.3 is 15.4 Å². The van der Waals surface area contributed by atoms with Crippen molar-refractivity contribution in [2.24, 2.45) is 0 Å². The van der Waals surface area contributed by atoms with Crippen LogP contribution in [0.5, 0.6) is 5.75 Å². The minimum Gasteiger partial charge on any atom is -0.497 e. The molecule has 0 amide bonds. The number of rotatable bonds is 4. The Morgan fingerprint density at radius 3 is 2.42 bits per heavy atom. The number of aryl methyl sites for hydroxylation is 1. The molecule has 2 aromatic rings. The summed E-state index contributed by atoms with van der Waals surface area (Å²) in [6.45, 7) is 2.91. The Kier molecular flexibility index (Phi) is 3.95. The molecule has 100 valence electrons. The fraction of sp³-hybridized carbons (Fsp3) is 0.250. The Labute approximate surface area is 114 Å². The molecule has 2 rings (SSSR count). The predicted molar refractivity (Wildman–Crippen MR) is 80.7 cm³/mol. The first-order valence-corrected chi connectivity index (χ1v) is 6.30. The van der Waals surface area contributed by atoms with E-state index in [9.17, 15) is 0 Å². The van der Waals surface area contributed by atoms with Crippen LogP contribution in [0.25, 0.3) is 0 Å². The third kappa shape index (κ3) is 3.19. The van der Waals surface area contributed by atoms with Gasteiger partial charge in [-0.3, -0.25) is 0 Å². The van der Waals surface area contributed by atoms with Crippen molar-refractivity contribution in [1.82, 2.24) is 0 Å².